The van der Waals surface area contributed by atoms with Gasteiger partial charge in [-0.25, -0.2) is 4.39 Å². The highest BCUT2D eigenvalue weighted by molar-refractivity contribution is 6.35. The number of halogens is 2. The smallest absolute Gasteiger partial charge is 0.134 e. The van der Waals surface area contributed by atoms with Gasteiger partial charge in [-0.3, -0.25) is 4.98 Å². The molecule has 1 heterocycles. The molecule has 4 heteroatoms. The standard InChI is InChI=1S/C15H18ClFN2/c1-5-18-11-8-12(15(2,3)4)19-14-9(16)6-7-10(17)13(11)14/h6-8H,5H2,1-4H3,(H,18,19). The van der Waals surface area contributed by atoms with Crippen molar-refractivity contribution in [2.75, 3.05) is 11.9 Å². The maximum absolute atomic E-state index is 14.0. The molecule has 0 spiro atoms. The zero-order valence-corrected chi connectivity index (χ0v) is 12.4. The maximum atomic E-state index is 14.0. The van der Waals surface area contributed by atoms with Crippen LogP contribution in [0.4, 0.5) is 10.1 Å². The Hall–Kier alpha value is -1.35. The second-order valence-corrected chi connectivity index (χ2v) is 6.00. The molecule has 102 valence electrons. The number of nitrogens with one attached hydrogen (secondary N) is 1. The minimum Gasteiger partial charge on any atom is -0.385 e. The van der Waals surface area contributed by atoms with E-state index in [0.29, 0.717) is 22.5 Å². The normalized spacial score (nSPS) is 11.9. The third-order valence-corrected chi connectivity index (χ3v) is 3.30. The molecule has 1 aromatic heterocycles. The third kappa shape index (κ3) is 2.66. The topological polar surface area (TPSA) is 24.9 Å². The van der Waals surface area contributed by atoms with E-state index in [1.807, 2.05) is 13.0 Å². The number of aromatic nitrogens is 1. The van der Waals surface area contributed by atoms with Gasteiger partial charge < -0.3 is 5.32 Å². The molecule has 0 saturated heterocycles. The first kappa shape index (κ1) is 14.1. The quantitative estimate of drug-likeness (QED) is 0.858. The first-order valence-corrected chi connectivity index (χ1v) is 6.75. The number of rotatable bonds is 2. The molecule has 0 radical (unpaired) electrons. The van der Waals surface area contributed by atoms with Gasteiger partial charge in [0.2, 0.25) is 0 Å². The van der Waals surface area contributed by atoms with E-state index in [-0.39, 0.29) is 11.2 Å². The summed E-state index contributed by atoms with van der Waals surface area (Å²) in [4.78, 5) is 4.54. The molecule has 0 aliphatic heterocycles. The Labute approximate surface area is 118 Å². The molecule has 0 aliphatic carbocycles. The van der Waals surface area contributed by atoms with E-state index in [1.165, 1.54) is 6.07 Å². The van der Waals surface area contributed by atoms with Gasteiger partial charge in [-0.05, 0) is 25.1 Å². The number of benzene rings is 1. The van der Waals surface area contributed by atoms with Crippen LogP contribution in [0.25, 0.3) is 10.9 Å². The van der Waals surface area contributed by atoms with Crippen LogP contribution in [-0.2, 0) is 5.41 Å². The molecule has 2 rings (SSSR count). The summed E-state index contributed by atoms with van der Waals surface area (Å²) in [5, 5.41) is 4.13. The molecule has 0 saturated carbocycles. The zero-order valence-electron chi connectivity index (χ0n) is 11.6. The number of hydrogen-bond acceptors (Lipinski definition) is 2. The Bertz CT molecular complexity index is 618. The van der Waals surface area contributed by atoms with Crippen molar-refractivity contribution in [1.29, 1.82) is 0 Å². The van der Waals surface area contributed by atoms with Crippen LogP contribution in [0.2, 0.25) is 5.02 Å². The summed E-state index contributed by atoms with van der Waals surface area (Å²) in [7, 11) is 0. The van der Waals surface area contributed by atoms with Gasteiger partial charge >= 0.3 is 0 Å². The van der Waals surface area contributed by atoms with Crippen molar-refractivity contribution in [3.05, 3.63) is 34.7 Å². The van der Waals surface area contributed by atoms with Crippen molar-refractivity contribution in [2.45, 2.75) is 33.1 Å². The van der Waals surface area contributed by atoms with Crippen molar-refractivity contribution < 1.29 is 4.39 Å². The predicted octanol–water partition coefficient (Wildman–Crippen LogP) is 4.76. The highest BCUT2D eigenvalue weighted by Crippen LogP contribution is 2.34. The van der Waals surface area contributed by atoms with Crippen molar-refractivity contribution in [2.24, 2.45) is 0 Å². The highest BCUT2D eigenvalue weighted by atomic mass is 35.5. The zero-order chi connectivity index (χ0) is 14.2. The number of anilines is 1. The fourth-order valence-electron chi connectivity index (χ4n) is 1.98. The summed E-state index contributed by atoms with van der Waals surface area (Å²) in [6.45, 7) is 8.92. The Balaban J connectivity index is 2.83. The first-order valence-electron chi connectivity index (χ1n) is 6.37. The molecular formula is C15H18ClFN2. The minimum absolute atomic E-state index is 0.117. The van der Waals surface area contributed by atoms with E-state index >= 15 is 0 Å². The van der Waals surface area contributed by atoms with E-state index in [1.54, 1.807) is 6.07 Å². The third-order valence-electron chi connectivity index (χ3n) is 3.00. The molecule has 19 heavy (non-hydrogen) atoms. The fourth-order valence-corrected chi connectivity index (χ4v) is 2.18. The molecule has 2 aromatic rings. The van der Waals surface area contributed by atoms with Crippen LogP contribution >= 0.6 is 11.6 Å². The van der Waals surface area contributed by atoms with E-state index < -0.39 is 0 Å². The monoisotopic (exact) mass is 280 g/mol. The van der Waals surface area contributed by atoms with Crippen LogP contribution in [-0.4, -0.2) is 11.5 Å². The average molecular weight is 281 g/mol. The lowest BCUT2D eigenvalue weighted by atomic mass is 9.90. The van der Waals surface area contributed by atoms with Gasteiger partial charge in [0.25, 0.3) is 0 Å². The van der Waals surface area contributed by atoms with E-state index in [0.717, 1.165) is 11.4 Å². The molecule has 1 aromatic carbocycles. The lowest BCUT2D eigenvalue weighted by molar-refractivity contribution is 0.571. The summed E-state index contributed by atoms with van der Waals surface area (Å²) < 4.78 is 14.0. The van der Waals surface area contributed by atoms with Crippen molar-refractivity contribution >= 4 is 28.2 Å². The molecule has 0 fully saturated rings. The molecule has 0 amide bonds. The average Bonchev–Trinajstić information content (AvgIpc) is 2.33. The lowest BCUT2D eigenvalue weighted by Crippen LogP contribution is -2.15. The van der Waals surface area contributed by atoms with Gasteiger partial charge in [0.15, 0.2) is 0 Å². The van der Waals surface area contributed by atoms with Crippen molar-refractivity contribution in [3.8, 4) is 0 Å². The number of hydrogen-bond donors (Lipinski definition) is 1. The largest absolute Gasteiger partial charge is 0.385 e. The number of nitrogens with zero attached hydrogens (tertiary/aromatic N) is 1. The van der Waals surface area contributed by atoms with Gasteiger partial charge in [-0.15, -0.1) is 0 Å². The summed E-state index contributed by atoms with van der Waals surface area (Å²) in [6, 6.07) is 4.84. The first-order chi connectivity index (χ1) is 8.84. The molecule has 0 aliphatic rings. The van der Waals surface area contributed by atoms with Crippen LogP contribution < -0.4 is 5.32 Å². The Morgan fingerprint density at radius 3 is 2.58 bits per heavy atom. The van der Waals surface area contributed by atoms with E-state index in [4.69, 9.17) is 11.6 Å². The Morgan fingerprint density at radius 2 is 2.00 bits per heavy atom. The van der Waals surface area contributed by atoms with Crippen LogP contribution in [0.15, 0.2) is 18.2 Å². The summed E-state index contributed by atoms with van der Waals surface area (Å²) in [5.41, 5.74) is 2.04. The number of fused-ring (bicyclic) bond motifs is 1. The second kappa shape index (κ2) is 4.97. The SMILES string of the molecule is CCNc1cc(C(C)(C)C)nc2c(Cl)ccc(F)c12. The predicted molar refractivity (Wildman–Crippen MR) is 79.6 cm³/mol. The summed E-state index contributed by atoms with van der Waals surface area (Å²) >= 11 is 6.17. The van der Waals surface area contributed by atoms with Gasteiger partial charge in [0.05, 0.1) is 15.9 Å². The summed E-state index contributed by atoms with van der Waals surface area (Å²) in [5.74, 6) is -0.302. The van der Waals surface area contributed by atoms with Gasteiger partial charge in [0, 0.05) is 23.3 Å². The molecule has 2 nitrogen and oxygen atoms in total. The molecule has 0 atom stereocenters. The van der Waals surface area contributed by atoms with Gasteiger partial charge in [-0.2, -0.15) is 0 Å². The van der Waals surface area contributed by atoms with E-state index in [9.17, 15) is 4.39 Å². The van der Waals surface area contributed by atoms with Crippen LogP contribution in [0.5, 0.6) is 0 Å². The number of pyridine rings is 1. The van der Waals surface area contributed by atoms with Gasteiger partial charge in [-0.1, -0.05) is 32.4 Å². The van der Waals surface area contributed by atoms with Crippen molar-refractivity contribution in [1.82, 2.24) is 4.98 Å². The highest BCUT2D eigenvalue weighted by Gasteiger charge is 2.20. The van der Waals surface area contributed by atoms with Gasteiger partial charge in [0.1, 0.15) is 5.82 Å². The fraction of sp³-hybridized carbons (Fsp3) is 0.400. The molecular weight excluding hydrogens is 263 g/mol. The Morgan fingerprint density at radius 1 is 1.32 bits per heavy atom. The second-order valence-electron chi connectivity index (χ2n) is 5.59. The minimum atomic E-state index is -0.302. The van der Waals surface area contributed by atoms with E-state index in [2.05, 4.69) is 31.1 Å². The Kier molecular flexibility index (Phi) is 3.68. The van der Waals surface area contributed by atoms with Crippen LogP contribution in [0, 0.1) is 5.82 Å². The molecule has 1 N–H and O–H groups in total. The lowest BCUT2D eigenvalue weighted by Gasteiger charge is -2.21. The molecule has 0 bridgehead atoms. The van der Waals surface area contributed by atoms with Crippen LogP contribution in [0.3, 0.4) is 0 Å². The molecule has 0 unspecified atom stereocenters. The maximum Gasteiger partial charge on any atom is 0.134 e. The summed E-state index contributed by atoms with van der Waals surface area (Å²) in [6.07, 6.45) is 0. The van der Waals surface area contributed by atoms with Crippen LogP contribution in [0.1, 0.15) is 33.4 Å². The van der Waals surface area contributed by atoms with Crippen molar-refractivity contribution in [3.63, 3.8) is 0 Å².